The summed E-state index contributed by atoms with van der Waals surface area (Å²) >= 11 is 1.29. The number of nitriles is 1. The van der Waals surface area contributed by atoms with Crippen LogP contribution in [-0.2, 0) is 4.79 Å². The summed E-state index contributed by atoms with van der Waals surface area (Å²) in [5.41, 5.74) is 2.26. The lowest BCUT2D eigenvalue weighted by Gasteiger charge is -2.07. The summed E-state index contributed by atoms with van der Waals surface area (Å²) in [7, 11) is 1.58. The molecule has 0 aliphatic heterocycles. The minimum atomic E-state index is -0.512. The van der Waals surface area contributed by atoms with Crippen LogP contribution < -0.4 is 14.8 Å². The van der Waals surface area contributed by atoms with Crippen molar-refractivity contribution in [3.63, 3.8) is 0 Å². The average Bonchev–Trinajstić information content (AvgIpc) is 3.21. The number of hydrogen-bond donors (Lipinski definition) is 1. The third-order valence-electron chi connectivity index (χ3n) is 3.98. The molecule has 7 heteroatoms. The molecule has 0 radical (unpaired) electrons. The van der Waals surface area contributed by atoms with Gasteiger partial charge in [0.05, 0.1) is 19.4 Å². The van der Waals surface area contributed by atoms with Crippen molar-refractivity contribution < 1.29 is 14.3 Å². The number of hydrogen-bond acceptors (Lipinski definition) is 6. The maximum Gasteiger partial charge on any atom is 0.268 e. The van der Waals surface area contributed by atoms with Crippen molar-refractivity contribution in [3.05, 3.63) is 65.0 Å². The molecule has 0 bridgehead atoms. The SMILES string of the molecule is CCOc1ccccc1-c1csc(NC(=O)/C(C#N)=C/c2ccc(OC)cc2)n1. The van der Waals surface area contributed by atoms with Crippen LogP contribution in [0, 0.1) is 11.3 Å². The lowest BCUT2D eigenvalue weighted by atomic mass is 10.1. The van der Waals surface area contributed by atoms with Gasteiger partial charge in [-0.3, -0.25) is 10.1 Å². The smallest absolute Gasteiger partial charge is 0.268 e. The molecule has 0 spiro atoms. The standard InChI is InChI=1S/C22H19N3O3S/c1-3-28-20-7-5-4-6-18(20)19-14-29-22(24-19)25-21(26)16(13-23)12-15-8-10-17(27-2)11-9-15/h4-12,14H,3H2,1-2H3,(H,24,25,26)/b16-12+. The largest absolute Gasteiger partial charge is 0.497 e. The molecule has 0 saturated carbocycles. The zero-order valence-corrected chi connectivity index (χ0v) is 16.8. The number of nitrogens with zero attached hydrogens (tertiary/aromatic N) is 2. The van der Waals surface area contributed by atoms with E-state index < -0.39 is 5.91 Å². The number of benzene rings is 2. The highest BCUT2D eigenvalue weighted by Gasteiger charge is 2.14. The maximum absolute atomic E-state index is 12.5. The first-order valence-corrected chi connectivity index (χ1v) is 9.77. The van der Waals surface area contributed by atoms with Gasteiger partial charge < -0.3 is 9.47 Å². The molecule has 146 valence electrons. The van der Waals surface area contributed by atoms with E-state index in [1.54, 1.807) is 31.4 Å². The zero-order valence-electron chi connectivity index (χ0n) is 16.0. The summed E-state index contributed by atoms with van der Waals surface area (Å²) in [4.78, 5) is 17.0. The van der Waals surface area contributed by atoms with Crippen molar-refractivity contribution in [2.75, 3.05) is 19.0 Å². The van der Waals surface area contributed by atoms with Gasteiger partial charge in [-0.05, 0) is 42.8 Å². The Labute approximate surface area is 173 Å². The monoisotopic (exact) mass is 405 g/mol. The van der Waals surface area contributed by atoms with Gasteiger partial charge in [0.2, 0.25) is 0 Å². The fourth-order valence-corrected chi connectivity index (χ4v) is 3.30. The number of para-hydroxylation sites is 1. The van der Waals surface area contributed by atoms with Crippen LogP contribution in [-0.4, -0.2) is 24.6 Å². The highest BCUT2D eigenvalue weighted by molar-refractivity contribution is 7.14. The van der Waals surface area contributed by atoms with Crippen molar-refractivity contribution in [3.8, 4) is 28.8 Å². The van der Waals surface area contributed by atoms with Gasteiger partial charge in [0.25, 0.3) is 5.91 Å². The molecule has 1 heterocycles. The predicted molar refractivity (Wildman–Crippen MR) is 114 cm³/mol. The molecule has 6 nitrogen and oxygen atoms in total. The lowest BCUT2D eigenvalue weighted by Crippen LogP contribution is -2.13. The molecule has 3 rings (SSSR count). The molecular formula is C22H19N3O3S. The molecule has 0 fully saturated rings. The Morgan fingerprint density at radius 1 is 1.24 bits per heavy atom. The summed E-state index contributed by atoms with van der Waals surface area (Å²) in [5.74, 6) is 0.922. The highest BCUT2D eigenvalue weighted by Crippen LogP contribution is 2.32. The number of thiazole rings is 1. The molecule has 0 unspecified atom stereocenters. The summed E-state index contributed by atoms with van der Waals surface area (Å²) in [6.07, 6.45) is 1.52. The number of nitrogens with one attached hydrogen (secondary N) is 1. The number of methoxy groups -OCH3 is 1. The van der Waals surface area contributed by atoms with Gasteiger partial charge in [0.1, 0.15) is 23.1 Å². The molecule has 1 N–H and O–H groups in total. The first-order valence-electron chi connectivity index (χ1n) is 8.89. The third kappa shape index (κ3) is 5.00. The van der Waals surface area contributed by atoms with Crippen LogP contribution in [0.25, 0.3) is 17.3 Å². The highest BCUT2D eigenvalue weighted by atomic mass is 32.1. The van der Waals surface area contributed by atoms with E-state index in [0.717, 1.165) is 16.9 Å². The van der Waals surface area contributed by atoms with Gasteiger partial charge in [-0.1, -0.05) is 24.3 Å². The molecule has 1 amide bonds. The Bertz CT molecular complexity index is 1070. The van der Waals surface area contributed by atoms with E-state index in [-0.39, 0.29) is 5.57 Å². The number of anilines is 1. The number of amides is 1. The average molecular weight is 405 g/mol. The van der Waals surface area contributed by atoms with Gasteiger partial charge in [-0.25, -0.2) is 4.98 Å². The first kappa shape index (κ1) is 20.1. The molecule has 0 aliphatic rings. The van der Waals surface area contributed by atoms with E-state index in [1.165, 1.54) is 17.4 Å². The third-order valence-corrected chi connectivity index (χ3v) is 4.74. The number of carbonyl (C=O) groups is 1. The molecule has 2 aromatic carbocycles. The van der Waals surface area contributed by atoms with Crippen LogP contribution in [0.4, 0.5) is 5.13 Å². The molecule has 0 saturated heterocycles. The number of aromatic nitrogens is 1. The van der Waals surface area contributed by atoms with Crippen molar-refractivity contribution in [2.45, 2.75) is 6.92 Å². The van der Waals surface area contributed by atoms with E-state index in [2.05, 4.69) is 10.3 Å². The zero-order chi connectivity index (χ0) is 20.6. The minimum Gasteiger partial charge on any atom is -0.497 e. The second-order valence-electron chi connectivity index (χ2n) is 5.86. The van der Waals surface area contributed by atoms with Crippen LogP contribution in [0.2, 0.25) is 0 Å². The Morgan fingerprint density at radius 2 is 2.00 bits per heavy atom. The Hall–Kier alpha value is -3.63. The van der Waals surface area contributed by atoms with Crippen LogP contribution in [0.3, 0.4) is 0 Å². The van der Waals surface area contributed by atoms with E-state index >= 15 is 0 Å². The van der Waals surface area contributed by atoms with Gasteiger partial charge in [-0.15, -0.1) is 11.3 Å². The topological polar surface area (TPSA) is 84.2 Å². The summed E-state index contributed by atoms with van der Waals surface area (Å²) < 4.78 is 10.7. The predicted octanol–water partition coefficient (Wildman–Crippen LogP) is 4.76. The lowest BCUT2D eigenvalue weighted by molar-refractivity contribution is -0.112. The van der Waals surface area contributed by atoms with E-state index in [4.69, 9.17) is 9.47 Å². The van der Waals surface area contributed by atoms with Gasteiger partial charge >= 0.3 is 0 Å². The molecule has 0 atom stereocenters. The van der Waals surface area contributed by atoms with Crippen LogP contribution in [0.1, 0.15) is 12.5 Å². The molecule has 0 aliphatic carbocycles. The maximum atomic E-state index is 12.5. The number of ether oxygens (including phenoxy) is 2. The molecular weight excluding hydrogens is 386 g/mol. The molecule has 1 aromatic heterocycles. The van der Waals surface area contributed by atoms with Crippen molar-refractivity contribution >= 4 is 28.5 Å². The summed E-state index contributed by atoms with van der Waals surface area (Å²) in [5, 5.41) is 14.3. The van der Waals surface area contributed by atoms with Crippen LogP contribution in [0.15, 0.2) is 59.5 Å². The normalized spacial score (nSPS) is 10.9. The van der Waals surface area contributed by atoms with E-state index in [1.807, 2.05) is 42.6 Å². The number of carbonyl (C=O) groups excluding carboxylic acids is 1. The van der Waals surface area contributed by atoms with Crippen LogP contribution >= 0.6 is 11.3 Å². The quantitative estimate of drug-likeness (QED) is 0.452. The van der Waals surface area contributed by atoms with Crippen molar-refractivity contribution in [2.24, 2.45) is 0 Å². The Kier molecular flexibility index (Phi) is 6.61. The molecule has 3 aromatic rings. The van der Waals surface area contributed by atoms with Gasteiger partial charge in [-0.2, -0.15) is 5.26 Å². The summed E-state index contributed by atoms with van der Waals surface area (Å²) in [6, 6.07) is 16.6. The van der Waals surface area contributed by atoms with Crippen molar-refractivity contribution in [1.29, 1.82) is 5.26 Å². The van der Waals surface area contributed by atoms with E-state index in [9.17, 15) is 10.1 Å². The fraction of sp³-hybridized carbons (Fsp3) is 0.136. The number of rotatable bonds is 7. The Balaban J connectivity index is 1.77. The minimum absolute atomic E-state index is 0.0124. The fourth-order valence-electron chi connectivity index (χ4n) is 2.59. The first-order chi connectivity index (χ1) is 14.1. The van der Waals surface area contributed by atoms with Crippen molar-refractivity contribution in [1.82, 2.24) is 4.98 Å². The van der Waals surface area contributed by atoms with E-state index in [0.29, 0.717) is 23.2 Å². The second kappa shape index (κ2) is 9.53. The molecule has 29 heavy (non-hydrogen) atoms. The second-order valence-corrected chi connectivity index (χ2v) is 6.72. The van der Waals surface area contributed by atoms with Gasteiger partial charge in [0.15, 0.2) is 5.13 Å². The van der Waals surface area contributed by atoms with Crippen LogP contribution in [0.5, 0.6) is 11.5 Å². The Morgan fingerprint density at radius 3 is 2.69 bits per heavy atom. The summed E-state index contributed by atoms with van der Waals surface area (Å²) in [6.45, 7) is 2.47. The van der Waals surface area contributed by atoms with Gasteiger partial charge in [0, 0.05) is 10.9 Å².